The van der Waals surface area contributed by atoms with Crippen molar-refractivity contribution in [3.05, 3.63) is 111 Å². The summed E-state index contributed by atoms with van der Waals surface area (Å²) in [5, 5.41) is 30.5. The molecule has 1 aliphatic rings. The Morgan fingerprint density at radius 1 is 0.985 bits per heavy atom. The molecule has 358 valence electrons. The number of hydrogen-bond donors (Lipinski definition) is 11. The molecule has 0 bridgehead atoms. The molecule has 0 saturated heterocycles. The van der Waals surface area contributed by atoms with Crippen LogP contribution >= 0.6 is 11.6 Å². The van der Waals surface area contributed by atoms with E-state index < -0.39 is 51.9 Å². The number of nitrogens with one attached hydrogen (secondary N) is 5. The largest absolute Gasteiger partial charge is 0.481 e. The van der Waals surface area contributed by atoms with Crippen LogP contribution in [0.1, 0.15) is 41.6 Å². The molecule has 68 heavy (non-hydrogen) atoms. The maximum Gasteiger partial charge on any atom is 0.326 e. The second-order valence-corrected chi connectivity index (χ2v) is 16.7. The number of nitrogen functional groups attached to an aromatic ring is 4. The van der Waals surface area contributed by atoms with Gasteiger partial charge in [-0.05, 0) is 86.0 Å². The van der Waals surface area contributed by atoms with Crippen molar-refractivity contribution in [2.24, 2.45) is 0 Å². The van der Waals surface area contributed by atoms with Gasteiger partial charge in [0.1, 0.15) is 17.6 Å². The first kappa shape index (κ1) is 50.5. The highest BCUT2D eigenvalue weighted by Gasteiger charge is 2.30. The highest BCUT2D eigenvalue weighted by atomic mass is 35.5. The molecule has 1 aliphatic heterocycles. The molecule has 0 radical (unpaired) electrons. The van der Waals surface area contributed by atoms with Crippen LogP contribution in [0.3, 0.4) is 0 Å². The summed E-state index contributed by atoms with van der Waals surface area (Å²) in [7, 11) is -3.64. The van der Waals surface area contributed by atoms with Crippen molar-refractivity contribution in [1.82, 2.24) is 30.4 Å². The third-order valence-corrected chi connectivity index (χ3v) is 11.3. The summed E-state index contributed by atoms with van der Waals surface area (Å²) in [6.45, 7) is 4.24. The number of carboxylic acids is 2. The third kappa shape index (κ3) is 13.5. The lowest BCUT2D eigenvalue weighted by Crippen LogP contribution is -2.50. The van der Waals surface area contributed by atoms with Crippen LogP contribution in [0.2, 0.25) is 5.02 Å². The van der Waals surface area contributed by atoms with Gasteiger partial charge in [-0.15, -0.1) is 0 Å². The van der Waals surface area contributed by atoms with E-state index in [0.29, 0.717) is 40.9 Å². The van der Waals surface area contributed by atoms with Crippen LogP contribution in [0, 0.1) is 6.92 Å². The number of fused-ring (bicyclic) bond motifs is 1. The summed E-state index contributed by atoms with van der Waals surface area (Å²) in [4.78, 5) is 74.1. The second kappa shape index (κ2) is 22.6. The van der Waals surface area contributed by atoms with Crippen molar-refractivity contribution in [3.8, 4) is 11.1 Å². The number of anilines is 8. The monoisotopic (exact) mass is 974 g/mol. The molecule has 1 unspecified atom stereocenters. The number of aryl methyl sites for hydroxylation is 2. The smallest absolute Gasteiger partial charge is 0.326 e. The van der Waals surface area contributed by atoms with Gasteiger partial charge in [0, 0.05) is 53.1 Å². The number of benzene rings is 3. The van der Waals surface area contributed by atoms with Crippen LogP contribution in [-0.4, -0.2) is 93.2 Å². The summed E-state index contributed by atoms with van der Waals surface area (Å²) in [6, 6.07) is 19.1. The number of nitrogens with zero attached hydrogens (tertiary/aromatic N) is 5. The molecule has 0 fully saturated rings. The normalized spacial score (nSPS) is 13.2. The van der Waals surface area contributed by atoms with Crippen LogP contribution in [0.4, 0.5) is 46.4 Å². The van der Waals surface area contributed by atoms with Crippen molar-refractivity contribution in [2.45, 2.75) is 50.1 Å². The lowest BCUT2D eigenvalue weighted by molar-refractivity contribution is -0.140. The van der Waals surface area contributed by atoms with Gasteiger partial charge in [0.05, 0.1) is 16.6 Å². The van der Waals surface area contributed by atoms with Crippen LogP contribution in [0.5, 0.6) is 0 Å². The van der Waals surface area contributed by atoms with E-state index in [1.54, 1.807) is 19.1 Å². The maximum atomic E-state index is 12.3. The number of carboxylic acid groups (broad SMARTS) is 2. The molecule has 3 aromatic carbocycles. The summed E-state index contributed by atoms with van der Waals surface area (Å²) in [5.74, 6) is -1.72. The number of halogens is 1. The van der Waals surface area contributed by atoms with Crippen LogP contribution in [0.25, 0.3) is 11.1 Å². The minimum atomic E-state index is -3.64. The van der Waals surface area contributed by atoms with E-state index in [9.17, 15) is 37.5 Å². The Morgan fingerprint density at radius 3 is 2.25 bits per heavy atom. The van der Waals surface area contributed by atoms with Crippen LogP contribution in [-0.2, 0) is 30.8 Å². The predicted octanol–water partition coefficient (Wildman–Crippen LogP) is 3.16. The lowest BCUT2D eigenvalue weighted by atomic mass is 10.0. The fourth-order valence-corrected chi connectivity index (χ4v) is 7.49. The molecule has 26 heteroatoms. The van der Waals surface area contributed by atoms with E-state index in [1.807, 2.05) is 31.2 Å². The van der Waals surface area contributed by atoms with E-state index in [0.717, 1.165) is 23.2 Å². The first-order valence-corrected chi connectivity index (χ1v) is 22.1. The second-order valence-electron chi connectivity index (χ2n) is 14.6. The van der Waals surface area contributed by atoms with Crippen molar-refractivity contribution < 1.29 is 42.3 Å². The molecule has 0 spiro atoms. The zero-order chi connectivity index (χ0) is 49.7. The summed E-state index contributed by atoms with van der Waals surface area (Å²) >= 11 is 5.86. The van der Waals surface area contributed by atoms with E-state index >= 15 is 0 Å². The van der Waals surface area contributed by atoms with Crippen molar-refractivity contribution in [2.75, 3.05) is 56.3 Å². The van der Waals surface area contributed by atoms with Crippen molar-refractivity contribution in [1.29, 1.82) is 0 Å². The lowest BCUT2D eigenvalue weighted by Gasteiger charge is -2.34. The highest BCUT2D eigenvalue weighted by Crippen LogP contribution is 2.30. The molecule has 7 rings (SSSR count). The van der Waals surface area contributed by atoms with Gasteiger partial charge in [-0.1, -0.05) is 35.8 Å². The molecular weight excluding hydrogens is 928 g/mol. The highest BCUT2D eigenvalue weighted by molar-refractivity contribution is 7.92. The van der Waals surface area contributed by atoms with Gasteiger partial charge in [-0.25, -0.2) is 18.2 Å². The number of aromatic amines is 1. The van der Waals surface area contributed by atoms with E-state index in [4.69, 9.17) is 44.2 Å². The van der Waals surface area contributed by atoms with Crippen LogP contribution in [0.15, 0.2) is 93.1 Å². The number of aliphatic carboxylic acids is 2. The van der Waals surface area contributed by atoms with Gasteiger partial charge in [-0.3, -0.25) is 28.9 Å². The number of rotatable bonds is 15. The molecule has 0 aliphatic carbocycles. The first-order chi connectivity index (χ1) is 32.3. The molecule has 0 saturated carbocycles. The fraction of sp³-hybridized carbons (Fsp3) is 0.214. The molecule has 3 aromatic heterocycles. The Labute approximate surface area is 392 Å². The first-order valence-electron chi connectivity index (χ1n) is 20.2. The molecule has 24 nitrogen and oxygen atoms in total. The Kier molecular flexibility index (Phi) is 16.8. The third-order valence-electron chi connectivity index (χ3n) is 9.68. The molecular formula is C42H47ClN14O10S. The summed E-state index contributed by atoms with van der Waals surface area (Å²) in [5.41, 5.74) is 25.9. The number of nitrogens with two attached hydrogens (primary N) is 4. The molecule has 2 amide bonds. The maximum absolute atomic E-state index is 12.3. The van der Waals surface area contributed by atoms with Gasteiger partial charge >= 0.3 is 11.9 Å². The number of amides is 2. The van der Waals surface area contributed by atoms with Gasteiger partial charge in [0.15, 0.2) is 17.3 Å². The number of aromatic nitrogens is 5. The average Bonchev–Trinajstić information content (AvgIpc) is 3.70. The molecule has 4 heterocycles. The van der Waals surface area contributed by atoms with Gasteiger partial charge in [0.25, 0.3) is 21.5 Å². The Hall–Kier alpha value is -8.45. The molecule has 6 aromatic rings. The predicted molar refractivity (Wildman–Crippen MR) is 254 cm³/mol. The van der Waals surface area contributed by atoms with E-state index in [2.05, 4.69) is 45.8 Å². The number of carbonyl (C=O) groups excluding carboxylic acids is 2. The quantitative estimate of drug-likeness (QED) is 0.0520. The zero-order valence-corrected chi connectivity index (χ0v) is 37.8. The minimum absolute atomic E-state index is 0.0603. The van der Waals surface area contributed by atoms with E-state index in [-0.39, 0.29) is 52.6 Å². The summed E-state index contributed by atoms with van der Waals surface area (Å²) < 4.78 is 30.8. The van der Waals surface area contributed by atoms with Crippen LogP contribution < -0.4 is 54.1 Å². The number of sulfonamides is 1. The zero-order valence-electron chi connectivity index (χ0n) is 36.3. The molecule has 15 N–H and O–H groups in total. The van der Waals surface area contributed by atoms with Crippen molar-refractivity contribution >= 4 is 92.3 Å². The minimum Gasteiger partial charge on any atom is -0.481 e. The fourth-order valence-electron chi connectivity index (χ4n) is 6.39. The number of H-pyrrole nitrogens is 1. The Balaban J connectivity index is 0.000000212. The number of carbonyl (C=O) groups is 4. The standard InChI is InChI=1S/C20H23N7O7.C12H13ClN4.C10H11N3O3S/c21-20-25-16-15(18(32)26-20)27(9-28)12(8-23-16)7-22-11-3-1-10(2-4-11)17(31)24-13(19(33)34)5-6-14(29)30;1-2-9-10(11(14)17-12(15)16-9)7-3-5-8(13)6-4-7;1-7-6-10(12-16-7)13-17(14,15)9-4-2-8(11)3-5-9/h1-4,9,12-13,22H,5-8H2,(H,24,31)(H,29,30)(H,33,34)(H4,21,23,25,26,32);3-6H,2H2,1H3,(H4,14,15,16,17);2-6H,11H2,1H3,(H,12,13)/t12?,13-;;/m0../s1. The summed E-state index contributed by atoms with van der Waals surface area (Å²) in [6.07, 6.45) is 0.644. The molecule has 2 atom stereocenters. The Bertz CT molecular complexity index is 2920. The number of hydrogen-bond acceptors (Lipinski definition) is 18. The SMILES string of the molecule is CCc1nc(N)nc(N)c1-c1ccc(Cl)cc1.Cc1cc(NS(=O)(=O)c2ccc(N)cc2)no1.Nc1nc2c(c(=O)[nH]1)N(C=O)C(CNc1ccc(C(=O)N[C@@H](CCC(=O)O)C(=O)O)cc1)CN2. The van der Waals surface area contributed by atoms with Gasteiger partial charge in [0.2, 0.25) is 18.3 Å². The topological polar surface area (TPSA) is 396 Å². The van der Waals surface area contributed by atoms with Gasteiger partial charge < -0.3 is 58.5 Å². The van der Waals surface area contributed by atoms with Crippen molar-refractivity contribution in [3.63, 3.8) is 0 Å². The average molecular weight is 975 g/mol. The van der Waals surface area contributed by atoms with E-state index in [1.165, 1.54) is 47.4 Å². The Morgan fingerprint density at radius 2 is 1.66 bits per heavy atom. The van der Waals surface area contributed by atoms with Gasteiger partial charge in [-0.2, -0.15) is 9.97 Å².